The first kappa shape index (κ1) is 22.6. The van der Waals surface area contributed by atoms with Crippen molar-refractivity contribution in [2.24, 2.45) is 52.3 Å². The molecule has 9 unspecified atom stereocenters. The first-order valence-corrected chi connectivity index (χ1v) is 13.1. The third-order valence-electron chi connectivity index (χ3n) is 11.1. The Hall–Kier alpha value is -0.560. The summed E-state index contributed by atoms with van der Waals surface area (Å²) in [6.45, 7) is 19.0. The number of rotatable bonds is 5. The first-order chi connectivity index (χ1) is 14.1. The molecule has 0 radical (unpaired) electrons. The normalized spacial score (nSPS) is 46.6. The Kier molecular flexibility index (Phi) is 6.10. The zero-order chi connectivity index (χ0) is 21.8. The van der Waals surface area contributed by atoms with Crippen LogP contribution in [0.5, 0.6) is 0 Å². The molecule has 0 saturated heterocycles. The van der Waals surface area contributed by atoms with Gasteiger partial charge >= 0.3 is 0 Å². The van der Waals surface area contributed by atoms with Crippen molar-refractivity contribution in [3.05, 3.63) is 23.8 Å². The average Bonchev–Trinajstić information content (AvgIpc) is 3.06. The highest BCUT2D eigenvalue weighted by Crippen LogP contribution is 2.67. The fourth-order valence-electron chi connectivity index (χ4n) is 8.82. The molecule has 0 heterocycles. The Morgan fingerprint density at radius 3 is 2.43 bits per heavy atom. The van der Waals surface area contributed by atoms with E-state index in [1.807, 2.05) is 5.57 Å². The molecule has 9 atom stereocenters. The smallest absolute Gasteiger partial charge is 0.0568 e. The lowest BCUT2D eigenvalue weighted by Crippen LogP contribution is -2.52. The molecule has 0 bridgehead atoms. The Morgan fingerprint density at radius 2 is 1.73 bits per heavy atom. The third kappa shape index (κ3) is 3.46. The molecular formula is C29H48O. The van der Waals surface area contributed by atoms with E-state index in [1.165, 1.54) is 56.9 Å². The van der Waals surface area contributed by atoms with Gasteiger partial charge in [0.2, 0.25) is 0 Å². The summed E-state index contributed by atoms with van der Waals surface area (Å²) in [4.78, 5) is 0. The highest BCUT2D eigenvalue weighted by Gasteiger charge is 2.59. The van der Waals surface area contributed by atoms with Crippen LogP contribution in [-0.4, -0.2) is 11.2 Å². The van der Waals surface area contributed by atoms with Crippen molar-refractivity contribution in [2.45, 2.75) is 105 Å². The standard InChI is InChI=1S/C29H48O/c1-18(2)19(3)8-9-20(4)23-12-13-25-22-10-11-24-21(5)27(30)15-17-29(24,7)26(22)14-16-28(23,25)6/h10,18,20-21,23-27,30H,3,8-9,11-17H2,1-2,4-7H3. The van der Waals surface area contributed by atoms with Crippen LogP contribution in [0.1, 0.15) is 99.3 Å². The van der Waals surface area contributed by atoms with Crippen molar-refractivity contribution >= 4 is 0 Å². The predicted molar refractivity (Wildman–Crippen MR) is 128 cm³/mol. The minimum Gasteiger partial charge on any atom is -0.393 e. The van der Waals surface area contributed by atoms with E-state index in [4.69, 9.17) is 0 Å². The average molecular weight is 413 g/mol. The summed E-state index contributed by atoms with van der Waals surface area (Å²) in [5, 5.41) is 10.5. The summed E-state index contributed by atoms with van der Waals surface area (Å²) >= 11 is 0. The fraction of sp³-hybridized carbons (Fsp3) is 0.862. The molecule has 0 aromatic rings. The fourth-order valence-corrected chi connectivity index (χ4v) is 8.82. The molecule has 0 aromatic heterocycles. The number of fused-ring (bicyclic) bond motifs is 5. The van der Waals surface area contributed by atoms with E-state index in [0.29, 0.717) is 28.6 Å². The third-order valence-corrected chi connectivity index (χ3v) is 11.1. The van der Waals surface area contributed by atoms with Crippen LogP contribution in [0.2, 0.25) is 0 Å². The second-order valence-electron chi connectivity index (χ2n) is 12.7. The van der Waals surface area contributed by atoms with Gasteiger partial charge in [-0.1, -0.05) is 65.3 Å². The Balaban J connectivity index is 1.52. The highest BCUT2D eigenvalue weighted by molar-refractivity contribution is 5.28. The Labute approximate surface area is 186 Å². The molecular weight excluding hydrogens is 364 g/mol. The highest BCUT2D eigenvalue weighted by atomic mass is 16.3. The summed E-state index contributed by atoms with van der Waals surface area (Å²) in [6, 6.07) is 0. The van der Waals surface area contributed by atoms with Gasteiger partial charge < -0.3 is 5.11 Å². The van der Waals surface area contributed by atoms with Gasteiger partial charge in [-0.25, -0.2) is 0 Å². The molecule has 4 rings (SSSR count). The molecule has 0 amide bonds. The monoisotopic (exact) mass is 412 g/mol. The molecule has 0 aromatic carbocycles. The van der Waals surface area contributed by atoms with Crippen LogP contribution in [0.3, 0.4) is 0 Å². The number of hydrogen-bond donors (Lipinski definition) is 1. The zero-order valence-corrected chi connectivity index (χ0v) is 20.7. The van der Waals surface area contributed by atoms with Crippen molar-refractivity contribution in [3.8, 4) is 0 Å². The van der Waals surface area contributed by atoms with E-state index in [1.54, 1.807) is 0 Å². The van der Waals surface area contributed by atoms with Crippen molar-refractivity contribution in [1.29, 1.82) is 0 Å². The number of aliphatic hydroxyl groups excluding tert-OH is 1. The molecule has 3 fully saturated rings. The topological polar surface area (TPSA) is 20.2 Å². The van der Waals surface area contributed by atoms with E-state index in [2.05, 4.69) is 54.2 Å². The molecule has 1 heteroatoms. The molecule has 0 spiro atoms. The minimum absolute atomic E-state index is 0.0795. The van der Waals surface area contributed by atoms with Crippen LogP contribution in [0.25, 0.3) is 0 Å². The summed E-state index contributed by atoms with van der Waals surface area (Å²) in [5.74, 6) is 5.04. The molecule has 3 saturated carbocycles. The van der Waals surface area contributed by atoms with E-state index in [9.17, 15) is 5.11 Å². The first-order valence-electron chi connectivity index (χ1n) is 13.1. The summed E-state index contributed by atoms with van der Waals surface area (Å²) < 4.78 is 0. The Morgan fingerprint density at radius 1 is 1.07 bits per heavy atom. The molecule has 170 valence electrons. The quantitative estimate of drug-likeness (QED) is 0.457. The molecule has 4 aliphatic carbocycles. The number of hydrogen-bond acceptors (Lipinski definition) is 1. The zero-order valence-electron chi connectivity index (χ0n) is 20.7. The van der Waals surface area contributed by atoms with Gasteiger partial charge in [-0.3, -0.25) is 0 Å². The van der Waals surface area contributed by atoms with Gasteiger partial charge in [0.15, 0.2) is 0 Å². The Bertz CT molecular complexity index is 688. The van der Waals surface area contributed by atoms with E-state index in [0.717, 1.165) is 30.1 Å². The maximum Gasteiger partial charge on any atom is 0.0568 e. The van der Waals surface area contributed by atoms with Crippen LogP contribution in [0.4, 0.5) is 0 Å². The van der Waals surface area contributed by atoms with E-state index in [-0.39, 0.29) is 6.10 Å². The van der Waals surface area contributed by atoms with Gasteiger partial charge in [0.25, 0.3) is 0 Å². The van der Waals surface area contributed by atoms with Crippen LogP contribution in [-0.2, 0) is 0 Å². The lowest BCUT2D eigenvalue weighted by molar-refractivity contribution is -0.0773. The largest absolute Gasteiger partial charge is 0.393 e. The second kappa shape index (κ2) is 8.09. The molecule has 4 aliphatic rings. The SMILES string of the molecule is C=C(CCC(C)C1CCC2C3=CCC4C(C)C(O)CCC4(C)C3CCC21C)C(C)C. The van der Waals surface area contributed by atoms with Crippen molar-refractivity contribution in [3.63, 3.8) is 0 Å². The summed E-state index contributed by atoms with van der Waals surface area (Å²) in [6.07, 6.45) is 14.2. The summed E-state index contributed by atoms with van der Waals surface area (Å²) in [5.41, 5.74) is 4.22. The lowest BCUT2D eigenvalue weighted by atomic mass is 9.46. The lowest BCUT2D eigenvalue weighted by Gasteiger charge is -2.59. The van der Waals surface area contributed by atoms with Gasteiger partial charge in [0.05, 0.1) is 6.10 Å². The van der Waals surface area contributed by atoms with Gasteiger partial charge in [-0.2, -0.15) is 0 Å². The van der Waals surface area contributed by atoms with Gasteiger partial charge in [-0.15, -0.1) is 0 Å². The van der Waals surface area contributed by atoms with Crippen molar-refractivity contribution < 1.29 is 5.11 Å². The van der Waals surface area contributed by atoms with E-state index < -0.39 is 0 Å². The van der Waals surface area contributed by atoms with Crippen molar-refractivity contribution in [2.75, 3.05) is 0 Å². The van der Waals surface area contributed by atoms with Crippen molar-refractivity contribution in [1.82, 2.24) is 0 Å². The van der Waals surface area contributed by atoms with Gasteiger partial charge in [0.1, 0.15) is 0 Å². The van der Waals surface area contributed by atoms with Crippen LogP contribution in [0.15, 0.2) is 23.8 Å². The molecule has 1 nitrogen and oxygen atoms in total. The molecule has 0 aliphatic heterocycles. The second-order valence-corrected chi connectivity index (χ2v) is 12.7. The maximum atomic E-state index is 10.5. The van der Waals surface area contributed by atoms with Crippen LogP contribution in [0, 0.1) is 52.3 Å². The van der Waals surface area contributed by atoms with Gasteiger partial charge in [-0.05, 0) is 110 Å². The molecule has 1 N–H and O–H groups in total. The summed E-state index contributed by atoms with van der Waals surface area (Å²) in [7, 11) is 0. The van der Waals surface area contributed by atoms with Crippen LogP contribution < -0.4 is 0 Å². The number of aliphatic hydroxyl groups is 1. The maximum absolute atomic E-state index is 10.5. The predicted octanol–water partition coefficient (Wildman–Crippen LogP) is 7.80. The minimum atomic E-state index is -0.0795. The van der Waals surface area contributed by atoms with E-state index >= 15 is 0 Å². The number of allylic oxidation sites excluding steroid dienone is 3. The molecule has 30 heavy (non-hydrogen) atoms. The van der Waals surface area contributed by atoms with Gasteiger partial charge in [0, 0.05) is 0 Å². The van der Waals surface area contributed by atoms with Crippen LogP contribution >= 0.6 is 0 Å².